The zero-order chi connectivity index (χ0) is 12.1. The SMILES string of the molecule is C=Cc1cc(OC(=O)N(C)C)ccc1C=O. The minimum Gasteiger partial charge on any atom is -0.410 e. The van der Waals surface area contributed by atoms with Gasteiger partial charge in [-0.2, -0.15) is 0 Å². The van der Waals surface area contributed by atoms with Crippen molar-refractivity contribution in [2.75, 3.05) is 14.1 Å². The molecule has 0 bridgehead atoms. The van der Waals surface area contributed by atoms with Gasteiger partial charge < -0.3 is 9.64 Å². The molecule has 1 aromatic rings. The number of aldehydes is 1. The number of benzene rings is 1. The molecule has 84 valence electrons. The lowest BCUT2D eigenvalue weighted by Gasteiger charge is -2.11. The van der Waals surface area contributed by atoms with Crippen molar-refractivity contribution in [3.8, 4) is 5.75 Å². The summed E-state index contributed by atoms with van der Waals surface area (Å²) in [4.78, 5) is 23.3. The highest BCUT2D eigenvalue weighted by Crippen LogP contribution is 2.18. The maximum atomic E-state index is 11.3. The first-order chi connectivity index (χ1) is 7.58. The molecule has 4 nitrogen and oxygen atoms in total. The monoisotopic (exact) mass is 219 g/mol. The minimum atomic E-state index is -0.464. The molecule has 1 rings (SSSR count). The predicted molar refractivity (Wildman–Crippen MR) is 61.6 cm³/mol. The fourth-order valence-electron chi connectivity index (χ4n) is 1.09. The van der Waals surface area contributed by atoms with E-state index in [1.807, 2.05) is 0 Å². The molecule has 16 heavy (non-hydrogen) atoms. The smallest absolute Gasteiger partial charge is 0.410 e. The highest BCUT2D eigenvalue weighted by Gasteiger charge is 2.08. The van der Waals surface area contributed by atoms with Crippen LogP contribution in [-0.2, 0) is 0 Å². The summed E-state index contributed by atoms with van der Waals surface area (Å²) in [7, 11) is 3.19. The number of nitrogens with zero attached hydrogens (tertiary/aromatic N) is 1. The predicted octanol–water partition coefficient (Wildman–Crippen LogP) is 2.20. The van der Waals surface area contributed by atoms with Gasteiger partial charge in [0, 0.05) is 19.7 Å². The number of ether oxygens (including phenoxy) is 1. The van der Waals surface area contributed by atoms with Gasteiger partial charge in [-0.3, -0.25) is 4.79 Å². The van der Waals surface area contributed by atoms with Crippen molar-refractivity contribution in [1.82, 2.24) is 4.90 Å². The van der Waals surface area contributed by atoms with Crippen molar-refractivity contribution in [2.45, 2.75) is 0 Å². The number of hydrogen-bond donors (Lipinski definition) is 0. The summed E-state index contributed by atoms with van der Waals surface area (Å²) in [5.74, 6) is 0.388. The maximum absolute atomic E-state index is 11.3. The third kappa shape index (κ3) is 2.70. The second-order valence-corrected chi connectivity index (χ2v) is 3.38. The van der Waals surface area contributed by atoms with Gasteiger partial charge in [-0.1, -0.05) is 12.7 Å². The Balaban J connectivity index is 2.95. The maximum Gasteiger partial charge on any atom is 0.414 e. The molecule has 4 heteroatoms. The van der Waals surface area contributed by atoms with Gasteiger partial charge in [-0.25, -0.2) is 4.79 Å². The lowest BCUT2D eigenvalue weighted by molar-refractivity contribution is 0.112. The first kappa shape index (κ1) is 12.0. The first-order valence-electron chi connectivity index (χ1n) is 4.69. The van der Waals surface area contributed by atoms with Crippen LogP contribution in [0.2, 0.25) is 0 Å². The van der Waals surface area contributed by atoms with Crippen molar-refractivity contribution in [1.29, 1.82) is 0 Å². The topological polar surface area (TPSA) is 46.6 Å². The van der Waals surface area contributed by atoms with Gasteiger partial charge in [0.2, 0.25) is 0 Å². The molecule has 0 N–H and O–H groups in total. The average Bonchev–Trinajstić information content (AvgIpc) is 2.28. The van der Waals surface area contributed by atoms with Gasteiger partial charge in [0.25, 0.3) is 0 Å². The molecule has 0 spiro atoms. The summed E-state index contributed by atoms with van der Waals surface area (Å²) in [5, 5.41) is 0. The van der Waals surface area contributed by atoms with Crippen LogP contribution in [0.25, 0.3) is 6.08 Å². The Kier molecular flexibility index (Phi) is 3.83. The summed E-state index contributed by atoms with van der Waals surface area (Å²) in [6, 6.07) is 4.75. The van der Waals surface area contributed by atoms with E-state index in [4.69, 9.17) is 4.74 Å². The minimum absolute atomic E-state index is 0.388. The molecule has 0 aliphatic heterocycles. The van der Waals surface area contributed by atoms with E-state index in [0.717, 1.165) is 6.29 Å². The van der Waals surface area contributed by atoms with Crippen molar-refractivity contribution in [3.05, 3.63) is 35.9 Å². The number of carbonyl (C=O) groups excluding carboxylic acids is 2. The summed E-state index contributed by atoms with van der Waals surface area (Å²) in [6.07, 6.45) is 1.81. The Morgan fingerprint density at radius 3 is 2.56 bits per heavy atom. The van der Waals surface area contributed by atoms with Crippen LogP contribution in [0.1, 0.15) is 15.9 Å². The van der Waals surface area contributed by atoms with Gasteiger partial charge in [0.1, 0.15) is 5.75 Å². The Hall–Kier alpha value is -2.10. The molecular formula is C12H13NO3. The zero-order valence-electron chi connectivity index (χ0n) is 9.27. The summed E-state index contributed by atoms with van der Waals surface area (Å²) in [5.41, 5.74) is 1.15. The van der Waals surface area contributed by atoms with Crippen LogP contribution in [0, 0.1) is 0 Å². The molecule has 0 atom stereocenters. The third-order valence-corrected chi connectivity index (χ3v) is 1.98. The second-order valence-electron chi connectivity index (χ2n) is 3.38. The van der Waals surface area contributed by atoms with E-state index in [-0.39, 0.29) is 0 Å². The van der Waals surface area contributed by atoms with Gasteiger partial charge in [0.05, 0.1) is 0 Å². The Bertz CT molecular complexity index is 424. The number of rotatable bonds is 3. The molecule has 0 unspecified atom stereocenters. The van der Waals surface area contributed by atoms with E-state index < -0.39 is 6.09 Å². The van der Waals surface area contributed by atoms with Crippen LogP contribution >= 0.6 is 0 Å². The fraction of sp³-hybridized carbons (Fsp3) is 0.167. The van der Waals surface area contributed by atoms with Gasteiger partial charge in [0.15, 0.2) is 6.29 Å². The van der Waals surface area contributed by atoms with Crippen molar-refractivity contribution in [2.24, 2.45) is 0 Å². The van der Waals surface area contributed by atoms with Crippen LogP contribution < -0.4 is 4.74 Å². The zero-order valence-corrected chi connectivity index (χ0v) is 9.27. The molecule has 0 fully saturated rings. The van der Waals surface area contributed by atoms with E-state index in [1.54, 1.807) is 32.3 Å². The van der Waals surface area contributed by atoms with Crippen LogP contribution in [-0.4, -0.2) is 31.4 Å². The molecule has 1 aromatic carbocycles. The molecule has 0 saturated carbocycles. The second kappa shape index (κ2) is 5.11. The molecule has 0 aliphatic carbocycles. The summed E-state index contributed by atoms with van der Waals surface area (Å²) >= 11 is 0. The van der Waals surface area contributed by atoms with E-state index in [1.165, 1.54) is 11.0 Å². The lowest BCUT2D eigenvalue weighted by atomic mass is 10.1. The average molecular weight is 219 g/mol. The Labute approximate surface area is 94.1 Å². The molecule has 1 amide bonds. The van der Waals surface area contributed by atoms with E-state index in [9.17, 15) is 9.59 Å². The highest BCUT2D eigenvalue weighted by molar-refractivity contribution is 5.82. The number of amides is 1. The Morgan fingerprint density at radius 1 is 1.38 bits per heavy atom. The number of hydrogen-bond acceptors (Lipinski definition) is 3. The third-order valence-electron chi connectivity index (χ3n) is 1.98. The van der Waals surface area contributed by atoms with Gasteiger partial charge in [-0.05, 0) is 23.8 Å². The van der Waals surface area contributed by atoms with Crippen molar-refractivity contribution >= 4 is 18.5 Å². The molecule has 0 heterocycles. The fourth-order valence-corrected chi connectivity index (χ4v) is 1.09. The highest BCUT2D eigenvalue weighted by atomic mass is 16.6. The Morgan fingerprint density at radius 2 is 2.06 bits per heavy atom. The standard InChI is InChI=1S/C12H13NO3/c1-4-9-7-11(6-5-10(9)8-14)16-12(15)13(2)3/h4-8H,1H2,2-3H3. The van der Waals surface area contributed by atoms with Crippen molar-refractivity contribution in [3.63, 3.8) is 0 Å². The lowest BCUT2D eigenvalue weighted by Crippen LogP contribution is -2.25. The quantitative estimate of drug-likeness (QED) is 0.732. The first-order valence-corrected chi connectivity index (χ1v) is 4.69. The molecule has 0 aliphatic rings. The van der Waals surface area contributed by atoms with Crippen molar-refractivity contribution < 1.29 is 14.3 Å². The molecule has 0 aromatic heterocycles. The normalized spacial score (nSPS) is 9.38. The molecular weight excluding hydrogens is 206 g/mol. The van der Waals surface area contributed by atoms with Gasteiger partial charge in [-0.15, -0.1) is 0 Å². The van der Waals surface area contributed by atoms with E-state index in [2.05, 4.69) is 6.58 Å². The molecule has 0 saturated heterocycles. The van der Waals surface area contributed by atoms with Gasteiger partial charge >= 0.3 is 6.09 Å². The van der Waals surface area contributed by atoms with Crippen LogP contribution in [0.4, 0.5) is 4.79 Å². The summed E-state index contributed by atoms with van der Waals surface area (Å²) in [6.45, 7) is 3.59. The van der Waals surface area contributed by atoms with E-state index >= 15 is 0 Å². The van der Waals surface area contributed by atoms with Crippen LogP contribution in [0.15, 0.2) is 24.8 Å². The number of carbonyl (C=O) groups is 2. The summed E-state index contributed by atoms with van der Waals surface area (Å²) < 4.78 is 5.04. The van der Waals surface area contributed by atoms with E-state index in [0.29, 0.717) is 16.9 Å². The molecule has 0 radical (unpaired) electrons. The van der Waals surface area contributed by atoms with Crippen LogP contribution in [0.3, 0.4) is 0 Å². The van der Waals surface area contributed by atoms with Crippen LogP contribution in [0.5, 0.6) is 5.75 Å². The largest absolute Gasteiger partial charge is 0.414 e.